The molecule has 0 radical (unpaired) electrons. The number of halogens is 2. The highest BCUT2D eigenvalue weighted by Gasteiger charge is 2.09. The van der Waals surface area contributed by atoms with Crippen LogP contribution in [0.1, 0.15) is 12.5 Å². The molecule has 2 rings (SSSR count). The highest BCUT2D eigenvalue weighted by atomic mass is 19.1. The predicted octanol–water partition coefficient (Wildman–Crippen LogP) is 3.84. The Bertz CT molecular complexity index is 611. The Balaban J connectivity index is 2.35. The van der Waals surface area contributed by atoms with E-state index in [0.29, 0.717) is 11.3 Å². The van der Waals surface area contributed by atoms with E-state index >= 15 is 0 Å². The van der Waals surface area contributed by atoms with Gasteiger partial charge < -0.3 is 5.32 Å². The lowest BCUT2D eigenvalue weighted by Crippen LogP contribution is -2.03. The van der Waals surface area contributed by atoms with E-state index in [1.54, 1.807) is 18.2 Å². The molecule has 0 aliphatic heterocycles. The van der Waals surface area contributed by atoms with Crippen molar-refractivity contribution in [1.82, 2.24) is 0 Å². The lowest BCUT2D eigenvalue weighted by molar-refractivity contribution is -0.116. The highest BCUT2D eigenvalue weighted by Crippen LogP contribution is 2.24. The van der Waals surface area contributed by atoms with Crippen LogP contribution >= 0.6 is 0 Å². The standard InChI is InChI=1S/C15H13F2NO/c1-10(19)8-11-6-7-12(16)9-15(11)18-14-5-3-2-4-13(14)17/h2-7,9,18H,8H2,1H3. The molecule has 0 atom stereocenters. The Kier molecular flexibility index (Phi) is 3.90. The molecule has 0 aliphatic rings. The maximum absolute atomic E-state index is 13.5. The molecule has 0 saturated heterocycles. The summed E-state index contributed by atoms with van der Waals surface area (Å²) in [5.41, 5.74) is 1.29. The summed E-state index contributed by atoms with van der Waals surface area (Å²) in [6, 6.07) is 10.2. The molecule has 4 heteroatoms. The zero-order valence-corrected chi connectivity index (χ0v) is 10.4. The van der Waals surface area contributed by atoms with E-state index in [1.165, 1.54) is 31.2 Å². The second kappa shape index (κ2) is 5.61. The van der Waals surface area contributed by atoms with Gasteiger partial charge in [-0.1, -0.05) is 18.2 Å². The number of Topliss-reactive ketones (excluding diaryl/α,β-unsaturated/α-hetero) is 1. The average molecular weight is 261 g/mol. The van der Waals surface area contributed by atoms with Crippen LogP contribution < -0.4 is 5.32 Å². The van der Waals surface area contributed by atoms with Gasteiger partial charge in [0.25, 0.3) is 0 Å². The number of ketones is 1. The van der Waals surface area contributed by atoms with Gasteiger partial charge in [0.05, 0.1) is 5.69 Å². The van der Waals surface area contributed by atoms with Gasteiger partial charge in [-0.25, -0.2) is 8.78 Å². The first kappa shape index (κ1) is 13.2. The van der Waals surface area contributed by atoms with E-state index in [9.17, 15) is 13.6 Å². The fourth-order valence-corrected chi connectivity index (χ4v) is 1.80. The molecule has 2 nitrogen and oxygen atoms in total. The Hall–Kier alpha value is -2.23. The lowest BCUT2D eigenvalue weighted by atomic mass is 10.1. The number of hydrogen-bond donors (Lipinski definition) is 1. The number of carbonyl (C=O) groups excluding carboxylic acids is 1. The van der Waals surface area contributed by atoms with E-state index in [-0.39, 0.29) is 17.9 Å². The predicted molar refractivity (Wildman–Crippen MR) is 70.5 cm³/mol. The molecule has 0 aliphatic carbocycles. The van der Waals surface area contributed by atoms with Crippen molar-refractivity contribution in [3.8, 4) is 0 Å². The summed E-state index contributed by atoms with van der Waals surface area (Å²) >= 11 is 0. The molecule has 0 saturated carbocycles. The van der Waals surface area contributed by atoms with Crippen molar-refractivity contribution in [3.63, 3.8) is 0 Å². The van der Waals surface area contributed by atoms with Gasteiger partial charge in [0.1, 0.15) is 17.4 Å². The number of para-hydroxylation sites is 1. The molecule has 0 aromatic heterocycles. The van der Waals surface area contributed by atoms with Crippen LogP contribution in [0.2, 0.25) is 0 Å². The second-order valence-corrected chi connectivity index (χ2v) is 4.29. The molecule has 2 aromatic rings. The molecule has 1 N–H and O–H groups in total. The SMILES string of the molecule is CC(=O)Cc1ccc(F)cc1Nc1ccccc1F. The van der Waals surface area contributed by atoms with Crippen molar-refractivity contribution >= 4 is 17.2 Å². The number of rotatable bonds is 4. The van der Waals surface area contributed by atoms with Gasteiger partial charge in [-0.05, 0) is 36.8 Å². The Morgan fingerprint density at radius 2 is 1.84 bits per heavy atom. The number of carbonyl (C=O) groups is 1. The maximum Gasteiger partial charge on any atom is 0.146 e. The first-order chi connectivity index (χ1) is 9.06. The van der Waals surface area contributed by atoms with E-state index in [4.69, 9.17) is 0 Å². The molecule has 0 unspecified atom stereocenters. The first-order valence-corrected chi connectivity index (χ1v) is 5.85. The maximum atomic E-state index is 13.5. The zero-order chi connectivity index (χ0) is 13.8. The molecule has 98 valence electrons. The van der Waals surface area contributed by atoms with Crippen LogP contribution in [-0.2, 0) is 11.2 Å². The van der Waals surface area contributed by atoms with Crippen LogP contribution in [0.4, 0.5) is 20.2 Å². The number of benzene rings is 2. The van der Waals surface area contributed by atoms with E-state index in [1.807, 2.05) is 0 Å². The quantitative estimate of drug-likeness (QED) is 0.906. The molecule has 0 spiro atoms. The minimum atomic E-state index is -0.439. The summed E-state index contributed by atoms with van der Waals surface area (Å²) < 4.78 is 26.8. The number of nitrogens with one attached hydrogen (secondary N) is 1. The van der Waals surface area contributed by atoms with Gasteiger partial charge in [0.2, 0.25) is 0 Å². The molecular formula is C15H13F2NO. The summed E-state index contributed by atoms with van der Waals surface area (Å²) in [4.78, 5) is 11.2. The van der Waals surface area contributed by atoms with Gasteiger partial charge >= 0.3 is 0 Å². The van der Waals surface area contributed by atoms with Gasteiger partial charge in [0, 0.05) is 12.1 Å². The Morgan fingerprint density at radius 3 is 2.53 bits per heavy atom. The molecular weight excluding hydrogens is 248 g/mol. The third kappa shape index (κ3) is 3.37. The zero-order valence-electron chi connectivity index (χ0n) is 10.4. The monoisotopic (exact) mass is 261 g/mol. The van der Waals surface area contributed by atoms with Crippen molar-refractivity contribution < 1.29 is 13.6 Å². The third-order valence-corrected chi connectivity index (χ3v) is 2.65. The van der Waals surface area contributed by atoms with Crippen LogP contribution in [-0.4, -0.2) is 5.78 Å². The Labute approximate surface area is 110 Å². The van der Waals surface area contributed by atoms with Gasteiger partial charge in [-0.3, -0.25) is 4.79 Å². The summed E-state index contributed by atoms with van der Waals surface area (Å²) in [5.74, 6) is -0.908. The molecule has 0 amide bonds. The van der Waals surface area contributed by atoms with Crippen LogP contribution in [0.5, 0.6) is 0 Å². The molecule has 19 heavy (non-hydrogen) atoms. The summed E-state index contributed by atoms with van der Waals surface area (Å²) in [5, 5.41) is 2.82. The second-order valence-electron chi connectivity index (χ2n) is 4.29. The topological polar surface area (TPSA) is 29.1 Å². The molecule has 0 bridgehead atoms. The smallest absolute Gasteiger partial charge is 0.146 e. The van der Waals surface area contributed by atoms with Crippen molar-refractivity contribution in [2.75, 3.05) is 5.32 Å². The fourth-order valence-electron chi connectivity index (χ4n) is 1.80. The minimum Gasteiger partial charge on any atom is -0.353 e. The minimum absolute atomic E-state index is 0.0387. The van der Waals surface area contributed by atoms with Crippen LogP contribution in [0.15, 0.2) is 42.5 Å². The van der Waals surface area contributed by atoms with E-state index in [0.717, 1.165) is 0 Å². The molecule has 0 heterocycles. The van der Waals surface area contributed by atoms with E-state index < -0.39 is 11.6 Å². The van der Waals surface area contributed by atoms with E-state index in [2.05, 4.69) is 5.32 Å². The average Bonchev–Trinajstić information content (AvgIpc) is 2.35. The summed E-state index contributed by atoms with van der Waals surface area (Å²) in [6.45, 7) is 1.45. The Morgan fingerprint density at radius 1 is 1.11 bits per heavy atom. The summed E-state index contributed by atoms with van der Waals surface area (Å²) in [6.07, 6.45) is 0.178. The number of hydrogen-bond acceptors (Lipinski definition) is 2. The van der Waals surface area contributed by atoms with Crippen molar-refractivity contribution in [3.05, 3.63) is 59.7 Å². The van der Waals surface area contributed by atoms with Crippen molar-refractivity contribution in [1.29, 1.82) is 0 Å². The first-order valence-electron chi connectivity index (χ1n) is 5.85. The van der Waals surface area contributed by atoms with Gasteiger partial charge in [-0.2, -0.15) is 0 Å². The normalized spacial score (nSPS) is 10.3. The van der Waals surface area contributed by atoms with Crippen molar-refractivity contribution in [2.45, 2.75) is 13.3 Å². The van der Waals surface area contributed by atoms with Gasteiger partial charge in [0.15, 0.2) is 0 Å². The lowest BCUT2D eigenvalue weighted by Gasteiger charge is -2.12. The molecule has 0 fully saturated rings. The third-order valence-electron chi connectivity index (χ3n) is 2.65. The van der Waals surface area contributed by atoms with Crippen LogP contribution in [0.3, 0.4) is 0 Å². The fraction of sp³-hybridized carbons (Fsp3) is 0.133. The molecule has 2 aromatic carbocycles. The number of anilines is 2. The largest absolute Gasteiger partial charge is 0.353 e. The summed E-state index contributed by atoms with van der Waals surface area (Å²) in [7, 11) is 0. The highest BCUT2D eigenvalue weighted by molar-refractivity contribution is 5.81. The van der Waals surface area contributed by atoms with Gasteiger partial charge in [-0.15, -0.1) is 0 Å². The van der Waals surface area contributed by atoms with Crippen LogP contribution in [0.25, 0.3) is 0 Å². The van der Waals surface area contributed by atoms with Crippen molar-refractivity contribution in [2.24, 2.45) is 0 Å². The van der Waals surface area contributed by atoms with Crippen LogP contribution in [0, 0.1) is 11.6 Å².